The lowest BCUT2D eigenvalue weighted by molar-refractivity contribution is -0.136. The maximum Gasteiger partial charge on any atom is 0.223 e. The Labute approximate surface area is 137 Å². The first-order valence-electron chi connectivity index (χ1n) is 8.37. The van der Waals surface area contributed by atoms with Crippen molar-refractivity contribution in [3.8, 4) is 0 Å². The van der Waals surface area contributed by atoms with E-state index in [1.807, 2.05) is 0 Å². The van der Waals surface area contributed by atoms with Gasteiger partial charge < -0.3 is 25.2 Å². The average molecular weight is 328 g/mol. The molecule has 0 aromatic carbocycles. The molecule has 0 spiro atoms. The normalized spacial score (nSPS) is 27.5. The molecule has 132 valence electrons. The molecule has 1 saturated carbocycles. The van der Waals surface area contributed by atoms with Gasteiger partial charge in [0.1, 0.15) is 5.60 Å². The van der Waals surface area contributed by atoms with E-state index >= 15 is 0 Å². The third-order valence-electron chi connectivity index (χ3n) is 4.74. The molecule has 1 aliphatic carbocycles. The van der Waals surface area contributed by atoms with E-state index < -0.39 is 11.2 Å². The molecule has 3 N–H and O–H groups in total. The van der Waals surface area contributed by atoms with Gasteiger partial charge in [-0.15, -0.1) is 0 Å². The molecule has 1 atom stereocenters. The van der Waals surface area contributed by atoms with Gasteiger partial charge in [0.2, 0.25) is 11.8 Å². The predicted octanol–water partition coefficient (Wildman–Crippen LogP) is -0.202. The molecule has 1 heterocycles. The zero-order valence-corrected chi connectivity index (χ0v) is 13.8. The minimum atomic E-state index is -1.36. The average Bonchev–Trinajstić information content (AvgIpc) is 2.78. The Hall–Kier alpha value is -1.18. The van der Waals surface area contributed by atoms with Crippen LogP contribution in [0.4, 0.5) is 0 Å². The summed E-state index contributed by atoms with van der Waals surface area (Å²) in [5, 5.41) is 23.6. The van der Waals surface area contributed by atoms with Gasteiger partial charge in [-0.3, -0.25) is 9.59 Å². The van der Waals surface area contributed by atoms with E-state index in [1.165, 1.54) is 11.8 Å². The molecular weight excluding hydrogens is 300 g/mol. The smallest absolute Gasteiger partial charge is 0.223 e. The van der Waals surface area contributed by atoms with Crippen molar-refractivity contribution in [2.45, 2.75) is 56.7 Å². The van der Waals surface area contributed by atoms with Crippen LogP contribution in [-0.2, 0) is 14.3 Å². The minimum absolute atomic E-state index is 0.0359. The molecule has 1 saturated heterocycles. The highest BCUT2D eigenvalue weighted by atomic mass is 16.5. The van der Waals surface area contributed by atoms with E-state index in [2.05, 4.69) is 5.32 Å². The third-order valence-corrected chi connectivity index (χ3v) is 4.74. The van der Waals surface area contributed by atoms with Crippen LogP contribution in [-0.4, -0.2) is 71.0 Å². The van der Waals surface area contributed by atoms with Crippen LogP contribution in [0.15, 0.2) is 0 Å². The number of amides is 2. The molecule has 2 rings (SSSR count). The highest BCUT2D eigenvalue weighted by Crippen LogP contribution is 2.31. The molecule has 7 heteroatoms. The fraction of sp³-hybridized carbons (Fsp3) is 0.875. The zero-order chi connectivity index (χ0) is 16.9. The highest BCUT2D eigenvalue weighted by Gasteiger charge is 2.36. The fourth-order valence-electron chi connectivity index (χ4n) is 3.37. The number of rotatable bonds is 5. The highest BCUT2D eigenvalue weighted by molar-refractivity contribution is 5.77. The summed E-state index contributed by atoms with van der Waals surface area (Å²) >= 11 is 0. The van der Waals surface area contributed by atoms with Gasteiger partial charge in [0.25, 0.3) is 0 Å². The van der Waals surface area contributed by atoms with Crippen molar-refractivity contribution in [2.24, 2.45) is 0 Å². The van der Waals surface area contributed by atoms with Crippen molar-refractivity contribution in [1.82, 2.24) is 10.2 Å². The van der Waals surface area contributed by atoms with Crippen LogP contribution >= 0.6 is 0 Å². The summed E-state index contributed by atoms with van der Waals surface area (Å²) in [5.74, 6) is -0.430. The van der Waals surface area contributed by atoms with Gasteiger partial charge in [-0.05, 0) is 19.3 Å². The topological polar surface area (TPSA) is 99.1 Å². The number of nitrogens with one attached hydrogen (secondary N) is 1. The molecule has 0 aromatic rings. The lowest BCUT2D eigenvalue weighted by atomic mass is 9.97. The second-order valence-electron chi connectivity index (χ2n) is 6.93. The van der Waals surface area contributed by atoms with Crippen LogP contribution < -0.4 is 5.32 Å². The Morgan fingerprint density at radius 2 is 1.91 bits per heavy atom. The Balaban J connectivity index is 1.79. The van der Waals surface area contributed by atoms with Crippen LogP contribution in [0.1, 0.15) is 45.4 Å². The number of hydrogen-bond acceptors (Lipinski definition) is 5. The summed E-state index contributed by atoms with van der Waals surface area (Å²) in [4.78, 5) is 25.1. The first kappa shape index (κ1) is 18.2. The zero-order valence-electron chi connectivity index (χ0n) is 13.8. The Morgan fingerprint density at radius 3 is 2.57 bits per heavy atom. The maximum absolute atomic E-state index is 12.1. The number of ether oxygens (including phenoxy) is 1. The van der Waals surface area contributed by atoms with E-state index in [1.54, 1.807) is 0 Å². The van der Waals surface area contributed by atoms with Gasteiger partial charge in [-0.25, -0.2) is 0 Å². The molecular formula is C16H28N2O5. The monoisotopic (exact) mass is 328 g/mol. The molecule has 2 aliphatic rings. The summed E-state index contributed by atoms with van der Waals surface area (Å²) in [6.07, 6.45) is 4.05. The van der Waals surface area contributed by atoms with E-state index in [0.29, 0.717) is 26.1 Å². The lowest BCUT2D eigenvalue weighted by Crippen LogP contribution is -2.49. The molecule has 7 nitrogen and oxygen atoms in total. The van der Waals surface area contributed by atoms with Gasteiger partial charge in [-0.2, -0.15) is 0 Å². The Bertz CT molecular complexity index is 436. The largest absolute Gasteiger partial charge is 0.390 e. The molecule has 1 unspecified atom stereocenters. The van der Waals surface area contributed by atoms with Crippen molar-refractivity contribution in [1.29, 1.82) is 0 Å². The molecule has 0 bridgehead atoms. The SMILES string of the molecule is CC(=O)N1CCOCC(O)(CC(=O)NCCC2(O)CCCC2)C1. The van der Waals surface area contributed by atoms with Crippen LogP contribution in [0.2, 0.25) is 0 Å². The van der Waals surface area contributed by atoms with Crippen molar-refractivity contribution in [3.63, 3.8) is 0 Å². The first-order chi connectivity index (χ1) is 10.8. The Morgan fingerprint density at radius 1 is 1.22 bits per heavy atom. The van der Waals surface area contributed by atoms with Crippen molar-refractivity contribution in [2.75, 3.05) is 32.8 Å². The second kappa shape index (κ2) is 7.59. The van der Waals surface area contributed by atoms with Crippen molar-refractivity contribution < 1.29 is 24.5 Å². The van der Waals surface area contributed by atoms with Crippen molar-refractivity contribution >= 4 is 11.8 Å². The van der Waals surface area contributed by atoms with Gasteiger partial charge in [0.05, 0.1) is 31.8 Å². The predicted molar refractivity (Wildman–Crippen MR) is 83.7 cm³/mol. The van der Waals surface area contributed by atoms with Crippen LogP contribution in [0.5, 0.6) is 0 Å². The van der Waals surface area contributed by atoms with Crippen LogP contribution in [0.3, 0.4) is 0 Å². The van der Waals surface area contributed by atoms with E-state index in [9.17, 15) is 19.8 Å². The summed E-state index contributed by atoms with van der Waals surface area (Å²) in [6.45, 7) is 2.74. The minimum Gasteiger partial charge on any atom is -0.390 e. The van der Waals surface area contributed by atoms with Gasteiger partial charge >= 0.3 is 0 Å². The molecule has 0 aromatic heterocycles. The molecule has 1 aliphatic heterocycles. The first-order valence-corrected chi connectivity index (χ1v) is 8.37. The van der Waals surface area contributed by atoms with Gasteiger partial charge in [0, 0.05) is 20.0 Å². The van der Waals surface area contributed by atoms with Gasteiger partial charge in [-0.1, -0.05) is 12.8 Å². The second-order valence-corrected chi connectivity index (χ2v) is 6.93. The number of nitrogens with zero attached hydrogens (tertiary/aromatic N) is 1. The quantitative estimate of drug-likeness (QED) is 0.649. The number of β-amino-alcohol motifs (C(OH)–C–C–N with tert-alkyl or cyclic N) is 1. The maximum atomic E-state index is 12.1. The molecule has 2 amide bonds. The van der Waals surface area contributed by atoms with Crippen molar-refractivity contribution in [3.05, 3.63) is 0 Å². The fourth-order valence-corrected chi connectivity index (χ4v) is 3.37. The Kier molecular flexibility index (Phi) is 6.00. The molecule has 23 heavy (non-hydrogen) atoms. The van der Waals surface area contributed by atoms with E-state index in [4.69, 9.17) is 4.74 Å². The lowest BCUT2D eigenvalue weighted by Gasteiger charge is -2.30. The van der Waals surface area contributed by atoms with E-state index in [-0.39, 0.29) is 31.4 Å². The summed E-state index contributed by atoms with van der Waals surface area (Å²) in [7, 11) is 0. The molecule has 0 radical (unpaired) electrons. The van der Waals surface area contributed by atoms with Crippen LogP contribution in [0, 0.1) is 0 Å². The summed E-state index contributed by atoms with van der Waals surface area (Å²) in [6, 6.07) is 0. The molecule has 2 fully saturated rings. The summed E-state index contributed by atoms with van der Waals surface area (Å²) in [5.41, 5.74) is -2.02. The van der Waals surface area contributed by atoms with Gasteiger partial charge in [0.15, 0.2) is 0 Å². The third kappa shape index (κ3) is 5.44. The standard InChI is InChI=1S/C16H28N2O5/c1-13(19)18-8-9-23-12-16(22,11-18)10-14(20)17-7-6-15(21)4-2-3-5-15/h21-22H,2-12H2,1H3,(H,17,20). The number of carbonyl (C=O) groups excluding carboxylic acids is 2. The number of carbonyl (C=O) groups is 2. The van der Waals surface area contributed by atoms with Crippen LogP contribution in [0.25, 0.3) is 0 Å². The number of hydrogen-bond donors (Lipinski definition) is 3. The summed E-state index contributed by atoms with van der Waals surface area (Å²) < 4.78 is 5.33. The number of aliphatic hydroxyl groups is 2. The van der Waals surface area contributed by atoms with E-state index in [0.717, 1.165) is 25.7 Å².